The van der Waals surface area contributed by atoms with Crippen molar-refractivity contribution in [3.63, 3.8) is 0 Å². The summed E-state index contributed by atoms with van der Waals surface area (Å²) in [6.45, 7) is 1.82. The van der Waals surface area contributed by atoms with Crippen molar-refractivity contribution < 1.29 is 4.57 Å². The van der Waals surface area contributed by atoms with Crippen LogP contribution in [0.2, 0.25) is 0 Å². The van der Waals surface area contributed by atoms with E-state index in [0.717, 1.165) is 25.2 Å². The molecule has 0 radical (unpaired) electrons. The highest BCUT2D eigenvalue weighted by Crippen LogP contribution is 2.16. The van der Waals surface area contributed by atoms with Gasteiger partial charge in [0.05, 0.1) is 19.2 Å². The highest BCUT2D eigenvalue weighted by molar-refractivity contribution is 5.61. The van der Waals surface area contributed by atoms with E-state index in [-0.39, 0.29) is 0 Å². The van der Waals surface area contributed by atoms with Gasteiger partial charge in [0.2, 0.25) is 6.33 Å². The number of hydrogen-bond donors (Lipinski definition) is 2. The summed E-state index contributed by atoms with van der Waals surface area (Å²) in [6, 6.07) is 7.52. The molecule has 98 valence electrons. The number of hydrogen-bond acceptors (Lipinski definition) is 3. The molecule has 0 unspecified atom stereocenters. The van der Waals surface area contributed by atoms with Crippen LogP contribution in [0.5, 0.6) is 0 Å². The van der Waals surface area contributed by atoms with Crippen LogP contribution < -0.4 is 15.6 Å². The van der Waals surface area contributed by atoms with Crippen LogP contribution in [-0.4, -0.2) is 11.1 Å². The number of aryl methyl sites for hydroxylation is 2. The van der Waals surface area contributed by atoms with Crippen molar-refractivity contribution in [2.75, 3.05) is 17.6 Å². The van der Waals surface area contributed by atoms with E-state index in [0.29, 0.717) is 11.3 Å². The summed E-state index contributed by atoms with van der Waals surface area (Å²) in [6.07, 6.45) is 7.14. The summed E-state index contributed by atoms with van der Waals surface area (Å²) in [7, 11) is 2.01. The van der Waals surface area contributed by atoms with Crippen LogP contribution >= 0.6 is 0 Å². The van der Waals surface area contributed by atoms with E-state index in [1.165, 1.54) is 0 Å². The van der Waals surface area contributed by atoms with E-state index in [2.05, 4.69) is 28.5 Å². The average molecular weight is 256 g/mol. The fourth-order valence-corrected chi connectivity index (χ4v) is 1.89. The van der Waals surface area contributed by atoms with Gasteiger partial charge < -0.3 is 11.1 Å². The zero-order valence-corrected chi connectivity index (χ0v) is 11.0. The molecule has 1 heterocycles. The van der Waals surface area contributed by atoms with E-state index < -0.39 is 0 Å². The molecule has 0 bridgehead atoms. The molecule has 1 aromatic heterocycles. The number of imidazole rings is 1. The Labute approximate surface area is 112 Å². The Morgan fingerprint density at radius 2 is 2.32 bits per heavy atom. The van der Waals surface area contributed by atoms with E-state index in [1.54, 1.807) is 12.1 Å². The molecule has 0 aliphatic rings. The maximum Gasteiger partial charge on any atom is 0.243 e. The number of nitrogen functional groups attached to an aromatic ring is 1. The molecule has 0 aliphatic carbocycles. The van der Waals surface area contributed by atoms with Gasteiger partial charge in [-0.2, -0.15) is 5.26 Å². The molecule has 19 heavy (non-hydrogen) atoms. The Bertz CT molecular complexity index is 594. The molecule has 5 nitrogen and oxygen atoms in total. The number of nitrogens with zero attached hydrogens (tertiary/aromatic N) is 3. The quantitative estimate of drug-likeness (QED) is 0.481. The van der Waals surface area contributed by atoms with Crippen molar-refractivity contribution in [1.82, 2.24) is 4.57 Å². The van der Waals surface area contributed by atoms with Crippen molar-refractivity contribution in [1.29, 1.82) is 5.26 Å². The summed E-state index contributed by atoms with van der Waals surface area (Å²) in [5, 5.41) is 12.2. The zero-order valence-electron chi connectivity index (χ0n) is 11.0. The maximum absolute atomic E-state index is 8.90. The molecule has 0 spiro atoms. The van der Waals surface area contributed by atoms with Crippen LogP contribution in [0.15, 0.2) is 36.9 Å². The van der Waals surface area contributed by atoms with Crippen LogP contribution in [-0.2, 0) is 13.6 Å². The number of nitrogens with one attached hydrogen (secondary N) is 1. The Balaban J connectivity index is 1.81. The first-order chi connectivity index (χ1) is 9.19. The van der Waals surface area contributed by atoms with Gasteiger partial charge >= 0.3 is 0 Å². The second kappa shape index (κ2) is 5.91. The molecule has 0 saturated carbocycles. The monoisotopic (exact) mass is 256 g/mol. The minimum atomic E-state index is 0.516. The fraction of sp³-hybridized carbons (Fsp3) is 0.286. The van der Waals surface area contributed by atoms with Crippen molar-refractivity contribution in [3.05, 3.63) is 42.5 Å². The third kappa shape index (κ3) is 3.49. The third-order valence-corrected chi connectivity index (χ3v) is 2.92. The smallest absolute Gasteiger partial charge is 0.243 e. The van der Waals surface area contributed by atoms with Crippen molar-refractivity contribution >= 4 is 11.4 Å². The minimum absolute atomic E-state index is 0.516. The molecule has 3 N–H and O–H groups in total. The summed E-state index contributed by atoms with van der Waals surface area (Å²) in [5.74, 6) is 0. The molecule has 2 rings (SSSR count). The molecule has 0 atom stereocenters. The maximum atomic E-state index is 8.90. The Kier molecular flexibility index (Phi) is 4.04. The first-order valence-corrected chi connectivity index (χ1v) is 6.23. The van der Waals surface area contributed by atoms with Gasteiger partial charge in [0, 0.05) is 24.3 Å². The van der Waals surface area contributed by atoms with Gasteiger partial charge in [-0.3, -0.25) is 0 Å². The number of nitrogens with two attached hydrogens (primary N) is 1. The predicted octanol–water partition coefficient (Wildman–Crippen LogP) is 1.27. The first-order valence-electron chi connectivity index (χ1n) is 6.23. The zero-order chi connectivity index (χ0) is 13.7. The molecule has 5 heteroatoms. The number of aromatic nitrogens is 2. The van der Waals surface area contributed by atoms with Gasteiger partial charge in [0.15, 0.2) is 0 Å². The lowest BCUT2D eigenvalue weighted by atomic mass is 10.2. The van der Waals surface area contributed by atoms with Crippen LogP contribution in [0.4, 0.5) is 11.4 Å². The normalized spacial score (nSPS) is 10.1. The predicted molar refractivity (Wildman–Crippen MR) is 74.3 cm³/mol. The van der Waals surface area contributed by atoms with Crippen molar-refractivity contribution in [2.45, 2.75) is 13.0 Å². The fourth-order valence-electron chi connectivity index (χ4n) is 1.89. The average Bonchev–Trinajstić information content (AvgIpc) is 2.82. The van der Waals surface area contributed by atoms with Crippen LogP contribution in [0, 0.1) is 11.3 Å². The van der Waals surface area contributed by atoms with Gasteiger partial charge in [-0.1, -0.05) is 0 Å². The first kappa shape index (κ1) is 13.0. The number of benzene rings is 1. The lowest BCUT2D eigenvalue weighted by Crippen LogP contribution is -2.23. The van der Waals surface area contributed by atoms with Gasteiger partial charge in [0.25, 0.3) is 0 Å². The lowest BCUT2D eigenvalue weighted by molar-refractivity contribution is -0.671. The molecule has 2 aromatic rings. The van der Waals surface area contributed by atoms with Gasteiger partial charge in [-0.15, -0.1) is 0 Å². The molecule has 0 fully saturated rings. The van der Waals surface area contributed by atoms with Crippen LogP contribution in [0.1, 0.15) is 12.0 Å². The second-order valence-corrected chi connectivity index (χ2v) is 4.51. The highest BCUT2D eigenvalue weighted by Gasteiger charge is 2.01. The van der Waals surface area contributed by atoms with Crippen molar-refractivity contribution in [3.8, 4) is 6.07 Å². The Hall–Kier alpha value is -2.48. The summed E-state index contributed by atoms with van der Waals surface area (Å²) < 4.78 is 4.16. The largest absolute Gasteiger partial charge is 0.398 e. The van der Waals surface area contributed by atoms with E-state index in [1.807, 2.05) is 23.9 Å². The van der Waals surface area contributed by atoms with Crippen LogP contribution in [0.3, 0.4) is 0 Å². The lowest BCUT2D eigenvalue weighted by Gasteiger charge is -2.06. The topological polar surface area (TPSA) is 70.7 Å². The SMILES string of the molecule is C[n+]1ccn(CCCNc2ccc(N)c(C#N)c2)c1. The molecule has 1 aromatic carbocycles. The van der Waals surface area contributed by atoms with Crippen molar-refractivity contribution in [2.24, 2.45) is 7.05 Å². The van der Waals surface area contributed by atoms with Gasteiger partial charge in [-0.25, -0.2) is 9.13 Å². The Morgan fingerprint density at radius 3 is 3.00 bits per heavy atom. The third-order valence-electron chi connectivity index (χ3n) is 2.92. The molecule has 0 amide bonds. The standard InChI is InChI=1S/C14H18N5/c1-18-7-8-19(11-18)6-2-5-17-13-3-4-14(16)12(9-13)10-15/h3-4,7-9,11,17H,2,5-6,16H2,1H3/q+1. The second-order valence-electron chi connectivity index (χ2n) is 4.51. The summed E-state index contributed by atoms with van der Waals surface area (Å²) in [5.41, 5.74) is 7.65. The molecule has 0 saturated heterocycles. The molecular weight excluding hydrogens is 238 g/mol. The Morgan fingerprint density at radius 1 is 1.47 bits per heavy atom. The number of anilines is 2. The van der Waals surface area contributed by atoms with E-state index in [9.17, 15) is 0 Å². The molecule has 0 aliphatic heterocycles. The number of rotatable bonds is 5. The van der Waals surface area contributed by atoms with Gasteiger partial charge in [0.1, 0.15) is 18.5 Å². The van der Waals surface area contributed by atoms with E-state index >= 15 is 0 Å². The van der Waals surface area contributed by atoms with E-state index in [4.69, 9.17) is 11.0 Å². The van der Waals surface area contributed by atoms with Crippen LogP contribution in [0.25, 0.3) is 0 Å². The summed E-state index contributed by atoms with van der Waals surface area (Å²) in [4.78, 5) is 0. The number of nitriles is 1. The molecular formula is C14H18N5+. The minimum Gasteiger partial charge on any atom is -0.398 e. The summed E-state index contributed by atoms with van der Waals surface area (Å²) >= 11 is 0. The van der Waals surface area contributed by atoms with Gasteiger partial charge in [-0.05, 0) is 18.2 Å². The highest BCUT2D eigenvalue weighted by atomic mass is 15.1.